The van der Waals surface area contributed by atoms with Crippen LogP contribution in [0.15, 0.2) is 52.2 Å². The third kappa shape index (κ3) is 8.22. The van der Waals surface area contributed by atoms with E-state index in [0.29, 0.717) is 17.7 Å². The van der Waals surface area contributed by atoms with Crippen LogP contribution in [0.1, 0.15) is 60.3 Å². The van der Waals surface area contributed by atoms with Gasteiger partial charge in [-0.3, -0.25) is 14.6 Å². The number of aliphatic imine (C=N–C) groups is 1. The molecule has 0 saturated heterocycles. The fraction of sp³-hybridized carbons (Fsp3) is 0.607. The zero-order valence-electron chi connectivity index (χ0n) is 22.6. The Morgan fingerprint density at radius 1 is 1.21 bits per heavy atom. The number of ether oxygens (including phenoxy) is 1. The molecule has 0 aromatic rings. The zero-order valence-corrected chi connectivity index (χ0v) is 22.6. The minimum absolute atomic E-state index is 0.259. The molecule has 0 amide bonds. The zero-order chi connectivity index (χ0) is 28.8. The van der Waals surface area contributed by atoms with Crippen LogP contribution in [0.2, 0.25) is 0 Å². The number of aliphatic hydroxyl groups excluding tert-OH is 2. The molecule has 10 heteroatoms. The minimum Gasteiger partial charge on any atom is -0.457 e. The van der Waals surface area contributed by atoms with Crippen LogP contribution < -0.4 is 5.73 Å². The highest BCUT2D eigenvalue weighted by Crippen LogP contribution is 2.33. The van der Waals surface area contributed by atoms with E-state index in [-0.39, 0.29) is 13.0 Å². The second kappa shape index (κ2) is 13.0. The molecule has 2 aliphatic heterocycles. The lowest BCUT2D eigenvalue weighted by Gasteiger charge is -2.34. The Hall–Kier alpha value is -2.56. The van der Waals surface area contributed by atoms with Gasteiger partial charge in [0.25, 0.3) is 0 Å². The van der Waals surface area contributed by atoms with E-state index in [2.05, 4.69) is 4.99 Å². The lowest BCUT2D eigenvalue weighted by molar-refractivity contribution is -0.154. The molecule has 2 rings (SSSR count). The van der Waals surface area contributed by atoms with Gasteiger partial charge >= 0.3 is 12.1 Å². The molecular formula is C28H39F3N2O5. The van der Waals surface area contributed by atoms with Gasteiger partial charge in [0.15, 0.2) is 0 Å². The third-order valence-electron chi connectivity index (χ3n) is 7.24. The number of ketones is 1. The number of allylic oxidation sites excluding steroid dienone is 4. The van der Waals surface area contributed by atoms with Crippen LogP contribution in [-0.4, -0.2) is 58.7 Å². The van der Waals surface area contributed by atoms with E-state index in [0.717, 1.165) is 11.8 Å². The predicted molar refractivity (Wildman–Crippen MR) is 139 cm³/mol. The van der Waals surface area contributed by atoms with Gasteiger partial charge in [-0.15, -0.1) is 0 Å². The molecule has 0 aromatic carbocycles. The van der Waals surface area contributed by atoms with Crippen molar-refractivity contribution >= 4 is 17.5 Å². The number of esters is 1. The third-order valence-corrected chi connectivity index (χ3v) is 7.24. The Bertz CT molecular complexity index is 1040. The lowest BCUT2D eigenvalue weighted by atomic mass is 9.73. The number of nitrogens with zero attached hydrogens (tertiary/aromatic N) is 1. The molecule has 2 heterocycles. The summed E-state index contributed by atoms with van der Waals surface area (Å²) in [6.45, 7) is 7.97. The monoisotopic (exact) mass is 540 g/mol. The number of hydrogen-bond acceptors (Lipinski definition) is 7. The molecular weight excluding hydrogens is 501 g/mol. The first-order chi connectivity index (χ1) is 17.6. The Morgan fingerprint density at radius 3 is 2.45 bits per heavy atom. The average Bonchev–Trinajstić information content (AvgIpc) is 3.29. The first-order valence-corrected chi connectivity index (χ1v) is 12.8. The molecule has 0 spiro atoms. The van der Waals surface area contributed by atoms with Crippen LogP contribution in [0.3, 0.4) is 0 Å². The lowest BCUT2D eigenvalue weighted by Crippen LogP contribution is -2.45. The number of carbonyl (C=O) groups excluding carboxylic acids is 2. The smallest absolute Gasteiger partial charge is 0.412 e. The van der Waals surface area contributed by atoms with E-state index >= 15 is 0 Å². The number of carbonyl (C=O) groups is 2. The first kappa shape index (κ1) is 31.7. The van der Waals surface area contributed by atoms with Gasteiger partial charge in [0.05, 0.1) is 29.7 Å². The van der Waals surface area contributed by atoms with Gasteiger partial charge < -0.3 is 20.7 Å². The van der Waals surface area contributed by atoms with Gasteiger partial charge in [0, 0.05) is 42.5 Å². The van der Waals surface area contributed by atoms with E-state index in [1.165, 1.54) is 32.9 Å². The van der Waals surface area contributed by atoms with Gasteiger partial charge in [-0.2, -0.15) is 13.2 Å². The summed E-state index contributed by atoms with van der Waals surface area (Å²) in [5.41, 5.74) is 5.21. The number of hydrogen-bond donors (Lipinski definition) is 3. The van der Waals surface area contributed by atoms with Gasteiger partial charge in [-0.1, -0.05) is 52.0 Å². The van der Waals surface area contributed by atoms with E-state index in [1.807, 2.05) is 6.08 Å². The average molecular weight is 541 g/mol. The van der Waals surface area contributed by atoms with Crippen LogP contribution in [0.5, 0.6) is 0 Å². The highest BCUT2D eigenvalue weighted by molar-refractivity contribution is 5.91. The number of Topliss-reactive ketones (excluding diaryl/α,β-unsaturated/α-hetero) is 1. The van der Waals surface area contributed by atoms with Crippen molar-refractivity contribution in [3.8, 4) is 0 Å². The molecule has 38 heavy (non-hydrogen) atoms. The largest absolute Gasteiger partial charge is 0.457 e. The maximum atomic E-state index is 13.8. The Balaban J connectivity index is 2.49. The van der Waals surface area contributed by atoms with Crippen molar-refractivity contribution in [2.24, 2.45) is 28.0 Å². The SMILES string of the molecule is C/C(=C\C1=CCC(CN)=N1)C1C/C=C(/C(F)(F)F)C/C=C/C(C)C(O)[C@@H](C)C(=O)C(C)(C)C(O)CC(=O)O1. The summed E-state index contributed by atoms with van der Waals surface area (Å²) in [5, 5.41) is 21.4. The van der Waals surface area contributed by atoms with Gasteiger partial charge in [-0.25, -0.2) is 0 Å². The van der Waals surface area contributed by atoms with Crippen LogP contribution in [0.25, 0.3) is 0 Å². The topological polar surface area (TPSA) is 122 Å². The Kier molecular flexibility index (Phi) is 10.8. The molecule has 0 aromatic heterocycles. The van der Waals surface area contributed by atoms with E-state index in [1.54, 1.807) is 19.9 Å². The highest BCUT2D eigenvalue weighted by Gasteiger charge is 2.42. The summed E-state index contributed by atoms with van der Waals surface area (Å²) in [6.07, 6.45) is -1.79. The molecule has 2 aliphatic rings. The number of nitrogens with two attached hydrogens (primary N) is 1. The first-order valence-electron chi connectivity index (χ1n) is 12.8. The summed E-state index contributed by atoms with van der Waals surface area (Å²) >= 11 is 0. The number of halogens is 3. The summed E-state index contributed by atoms with van der Waals surface area (Å²) in [4.78, 5) is 30.3. The van der Waals surface area contributed by atoms with Gasteiger partial charge in [0.2, 0.25) is 0 Å². The van der Waals surface area contributed by atoms with Crippen LogP contribution in [0, 0.1) is 17.3 Å². The molecule has 0 radical (unpaired) electrons. The van der Waals surface area contributed by atoms with Crippen molar-refractivity contribution in [2.45, 2.75) is 84.8 Å². The number of alkyl halides is 3. The van der Waals surface area contributed by atoms with Crippen molar-refractivity contribution in [3.63, 3.8) is 0 Å². The van der Waals surface area contributed by atoms with Crippen molar-refractivity contribution in [2.75, 3.05) is 6.54 Å². The molecule has 0 fully saturated rings. The molecule has 4 unspecified atom stereocenters. The number of rotatable bonds is 3. The molecule has 0 saturated carbocycles. The standard InChI is InChI=1S/C28H39F3N2O5/c1-16-7-6-8-19(28(29,30)31)9-12-22(17(2)13-20-10-11-21(15-32)33-20)38-24(35)14-23(34)27(4,5)26(37)18(3)25(16)36/h6-7,9-10,13,16,18,22-23,25,34,36H,8,11-12,14-15,32H2,1-5H3/b7-6+,17-13+,19-9+/t16?,18-,22?,23?,25?/m1/s1. The number of aliphatic hydroxyl groups is 2. The van der Waals surface area contributed by atoms with Crippen molar-refractivity contribution in [1.82, 2.24) is 0 Å². The summed E-state index contributed by atoms with van der Waals surface area (Å²) in [5.74, 6) is -2.88. The highest BCUT2D eigenvalue weighted by atomic mass is 19.4. The van der Waals surface area contributed by atoms with Gasteiger partial charge in [-0.05, 0) is 25.0 Å². The second-order valence-electron chi connectivity index (χ2n) is 10.6. The van der Waals surface area contributed by atoms with Crippen LogP contribution in [-0.2, 0) is 14.3 Å². The van der Waals surface area contributed by atoms with Crippen LogP contribution >= 0.6 is 0 Å². The summed E-state index contributed by atoms with van der Waals surface area (Å²) in [6, 6.07) is 0. The number of cyclic esters (lactones) is 1. The molecule has 7 nitrogen and oxygen atoms in total. The minimum atomic E-state index is -4.62. The summed E-state index contributed by atoms with van der Waals surface area (Å²) < 4.78 is 46.9. The molecule has 0 bridgehead atoms. The van der Waals surface area contributed by atoms with Gasteiger partial charge in [0.1, 0.15) is 11.9 Å². The summed E-state index contributed by atoms with van der Waals surface area (Å²) in [7, 11) is 0. The quantitative estimate of drug-likeness (QED) is 0.361. The molecule has 4 N–H and O–H groups in total. The second-order valence-corrected chi connectivity index (χ2v) is 10.6. The predicted octanol–water partition coefficient (Wildman–Crippen LogP) is 4.35. The molecule has 5 atom stereocenters. The Morgan fingerprint density at radius 2 is 1.87 bits per heavy atom. The van der Waals surface area contributed by atoms with E-state index in [4.69, 9.17) is 10.5 Å². The fourth-order valence-electron chi connectivity index (χ4n) is 4.44. The van der Waals surface area contributed by atoms with Crippen molar-refractivity contribution in [3.05, 3.63) is 47.2 Å². The Labute approximate surface area is 222 Å². The van der Waals surface area contributed by atoms with E-state index < -0.39 is 71.9 Å². The maximum Gasteiger partial charge on any atom is 0.412 e. The van der Waals surface area contributed by atoms with Crippen molar-refractivity contribution in [1.29, 1.82) is 0 Å². The van der Waals surface area contributed by atoms with Crippen LogP contribution in [0.4, 0.5) is 13.2 Å². The van der Waals surface area contributed by atoms with Crippen molar-refractivity contribution < 1.29 is 37.7 Å². The van der Waals surface area contributed by atoms with E-state index in [9.17, 15) is 33.0 Å². The molecule has 0 aliphatic carbocycles. The normalized spacial score (nSPS) is 32.7. The molecule has 212 valence electrons. The maximum absolute atomic E-state index is 13.8. The fourth-order valence-corrected chi connectivity index (χ4v) is 4.44.